The summed E-state index contributed by atoms with van der Waals surface area (Å²) in [7, 11) is 0. The van der Waals surface area contributed by atoms with Gasteiger partial charge < -0.3 is 5.11 Å². The van der Waals surface area contributed by atoms with E-state index in [9.17, 15) is 9.50 Å². The van der Waals surface area contributed by atoms with Crippen molar-refractivity contribution in [1.82, 2.24) is 9.78 Å². The SMILES string of the molecule is CCCn1cc(C(C)(O)c2ccc(F)cc2)cn1. The van der Waals surface area contributed by atoms with Gasteiger partial charge in [-0.2, -0.15) is 5.10 Å². The molecule has 1 aromatic carbocycles. The predicted octanol–water partition coefficient (Wildman–Crippen LogP) is 2.69. The van der Waals surface area contributed by atoms with Gasteiger partial charge in [0, 0.05) is 18.3 Å². The maximum atomic E-state index is 12.9. The topological polar surface area (TPSA) is 38.0 Å². The van der Waals surface area contributed by atoms with Gasteiger partial charge in [0.1, 0.15) is 11.4 Å². The quantitative estimate of drug-likeness (QED) is 0.903. The van der Waals surface area contributed by atoms with Crippen molar-refractivity contribution >= 4 is 0 Å². The van der Waals surface area contributed by atoms with E-state index in [-0.39, 0.29) is 5.82 Å². The van der Waals surface area contributed by atoms with Crippen LogP contribution in [0.2, 0.25) is 0 Å². The smallest absolute Gasteiger partial charge is 0.123 e. The molecule has 0 amide bonds. The van der Waals surface area contributed by atoms with Crippen LogP contribution in [0.25, 0.3) is 0 Å². The Morgan fingerprint density at radius 1 is 1.28 bits per heavy atom. The fourth-order valence-electron chi connectivity index (χ4n) is 1.91. The molecule has 0 aliphatic rings. The first-order chi connectivity index (χ1) is 8.54. The number of rotatable bonds is 4. The fraction of sp³-hybridized carbons (Fsp3) is 0.357. The summed E-state index contributed by atoms with van der Waals surface area (Å²) in [5.41, 5.74) is 0.210. The van der Waals surface area contributed by atoms with E-state index in [0.717, 1.165) is 13.0 Å². The molecule has 18 heavy (non-hydrogen) atoms. The molecule has 0 radical (unpaired) electrons. The Bertz CT molecular complexity index is 517. The van der Waals surface area contributed by atoms with Crippen LogP contribution in [0.15, 0.2) is 36.7 Å². The van der Waals surface area contributed by atoms with E-state index in [0.29, 0.717) is 11.1 Å². The van der Waals surface area contributed by atoms with Gasteiger partial charge in [-0.3, -0.25) is 4.68 Å². The van der Waals surface area contributed by atoms with E-state index in [4.69, 9.17) is 0 Å². The van der Waals surface area contributed by atoms with Crippen molar-refractivity contribution in [2.45, 2.75) is 32.4 Å². The first-order valence-corrected chi connectivity index (χ1v) is 6.05. The second kappa shape index (κ2) is 4.90. The molecule has 2 aromatic rings. The largest absolute Gasteiger partial charge is 0.381 e. The summed E-state index contributed by atoms with van der Waals surface area (Å²) >= 11 is 0. The third-order valence-corrected chi connectivity index (χ3v) is 3.05. The van der Waals surface area contributed by atoms with Crippen molar-refractivity contribution in [1.29, 1.82) is 0 Å². The molecule has 2 rings (SSSR count). The number of aromatic nitrogens is 2. The van der Waals surface area contributed by atoms with Gasteiger partial charge in [-0.1, -0.05) is 19.1 Å². The summed E-state index contributed by atoms with van der Waals surface area (Å²) in [4.78, 5) is 0. The number of halogens is 1. The lowest BCUT2D eigenvalue weighted by Gasteiger charge is -2.22. The number of aliphatic hydroxyl groups is 1. The minimum absolute atomic E-state index is 0.309. The Kier molecular flexibility index (Phi) is 3.48. The molecule has 4 heteroatoms. The molecule has 1 N–H and O–H groups in total. The highest BCUT2D eigenvalue weighted by atomic mass is 19.1. The number of benzene rings is 1. The van der Waals surface area contributed by atoms with Gasteiger partial charge in [-0.25, -0.2) is 4.39 Å². The van der Waals surface area contributed by atoms with Crippen LogP contribution in [0.4, 0.5) is 4.39 Å². The van der Waals surface area contributed by atoms with Gasteiger partial charge in [-0.15, -0.1) is 0 Å². The van der Waals surface area contributed by atoms with Crippen molar-refractivity contribution in [3.05, 3.63) is 53.6 Å². The Hall–Kier alpha value is -1.68. The van der Waals surface area contributed by atoms with E-state index in [2.05, 4.69) is 12.0 Å². The average Bonchev–Trinajstić information content (AvgIpc) is 2.79. The van der Waals surface area contributed by atoms with E-state index in [1.54, 1.807) is 29.9 Å². The van der Waals surface area contributed by atoms with Crippen molar-refractivity contribution in [3.8, 4) is 0 Å². The van der Waals surface area contributed by atoms with Crippen LogP contribution in [0, 0.1) is 5.82 Å². The van der Waals surface area contributed by atoms with E-state index >= 15 is 0 Å². The van der Waals surface area contributed by atoms with Crippen molar-refractivity contribution in [2.24, 2.45) is 0 Å². The fourth-order valence-corrected chi connectivity index (χ4v) is 1.91. The van der Waals surface area contributed by atoms with Crippen LogP contribution >= 0.6 is 0 Å². The molecule has 0 saturated carbocycles. The second-order valence-corrected chi connectivity index (χ2v) is 4.57. The van der Waals surface area contributed by atoms with Crippen LogP contribution in [-0.2, 0) is 12.1 Å². The maximum Gasteiger partial charge on any atom is 0.123 e. The Morgan fingerprint density at radius 2 is 1.94 bits per heavy atom. The normalized spacial score (nSPS) is 14.4. The molecular weight excluding hydrogens is 231 g/mol. The molecule has 3 nitrogen and oxygen atoms in total. The first kappa shape index (κ1) is 12.8. The second-order valence-electron chi connectivity index (χ2n) is 4.57. The van der Waals surface area contributed by atoms with Crippen LogP contribution in [0.3, 0.4) is 0 Å². The van der Waals surface area contributed by atoms with Crippen LogP contribution in [-0.4, -0.2) is 14.9 Å². The molecule has 0 bridgehead atoms. The highest BCUT2D eigenvalue weighted by molar-refractivity contribution is 5.32. The number of nitrogens with zero attached hydrogens (tertiary/aromatic N) is 2. The number of hydrogen-bond donors (Lipinski definition) is 1. The Balaban J connectivity index is 2.31. The zero-order chi connectivity index (χ0) is 13.2. The highest BCUT2D eigenvalue weighted by Gasteiger charge is 2.27. The molecule has 1 atom stereocenters. The van der Waals surface area contributed by atoms with Crippen molar-refractivity contribution < 1.29 is 9.50 Å². The zero-order valence-electron chi connectivity index (χ0n) is 10.6. The van der Waals surface area contributed by atoms with Crippen molar-refractivity contribution in [2.75, 3.05) is 0 Å². The molecule has 0 aliphatic carbocycles. The summed E-state index contributed by atoms with van der Waals surface area (Å²) in [6.07, 6.45) is 4.46. The minimum atomic E-state index is -1.15. The molecule has 1 heterocycles. The number of hydrogen-bond acceptors (Lipinski definition) is 2. The molecular formula is C14H17FN2O. The first-order valence-electron chi connectivity index (χ1n) is 6.05. The summed E-state index contributed by atoms with van der Waals surface area (Å²) in [5, 5.41) is 14.8. The summed E-state index contributed by atoms with van der Waals surface area (Å²) in [5.74, 6) is -0.309. The van der Waals surface area contributed by atoms with Gasteiger partial charge >= 0.3 is 0 Å². The summed E-state index contributed by atoms with van der Waals surface area (Å²) in [6.45, 7) is 4.58. The Morgan fingerprint density at radius 3 is 2.56 bits per heavy atom. The van der Waals surface area contributed by atoms with Crippen LogP contribution < -0.4 is 0 Å². The average molecular weight is 248 g/mol. The monoisotopic (exact) mass is 248 g/mol. The van der Waals surface area contributed by atoms with Crippen LogP contribution in [0.5, 0.6) is 0 Å². The molecule has 1 aromatic heterocycles. The maximum absolute atomic E-state index is 12.9. The third kappa shape index (κ3) is 2.43. The highest BCUT2D eigenvalue weighted by Crippen LogP contribution is 2.28. The van der Waals surface area contributed by atoms with Gasteiger partial charge in [0.25, 0.3) is 0 Å². The van der Waals surface area contributed by atoms with Crippen molar-refractivity contribution in [3.63, 3.8) is 0 Å². The van der Waals surface area contributed by atoms with Crippen LogP contribution in [0.1, 0.15) is 31.4 Å². The van der Waals surface area contributed by atoms with Gasteiger partial charge in [0.05, 0.1) is 6.20 Å². The Labute approximate surface area is 106 Å². The molecule has 96 valence electrons. The van der Waals surface area contributed by atoms with E-state index in [1.165, 1.54) is 12.1 Å². The van der Waals surface area contributed by atoms with Gasteiger partial charge in [0.2, 0.25) is 0 Å². The molecule has 0 spiro atoms. The lowest BCUT2D eigenvalue weighted by Crippen LogP contribution is -2.22. The lowest BCUT2D eigenvalue weighted by atomic mass is 9.90. The van der Waals surface area contributed by atoms with E-state index in [1.807, 2.05) is 6.20 Å². The standard InChI is InChI=1S/C14H17FN2O/c1-3-8-17-10-12(9-16-17)14(2,18)11-4-6-13(15)7-5-11/h4-7,9-10,18H,3,8H2,1-2H3. The predicted molar refractivity (Wildman–Crippen MR) is 67.6 cm³/mol. The van der Waals surface area contributed by atoms with Gasteiger partial charge in [-0.05, 0) is 31.0 Å². The molecule has 0 saturated heterocycles. The minimum Gasteiger partial charge on any atom is -0.381 e. The third-order valence-electron chi connectivity index (χ3n) is 3.05. The summed E-state index contributed by atoms with van der Waals surface area (Å²) in [6, 6.07) is 5.87. The molecule has 0 aliphatic heterocycles. The number of aryl methyl sites for hydroxylation is 1. The van der Waals surface area contributed by atoms with E-state index < -0.39 is 5.60 Å². The van der Waals surface area contributed by atoms with Gasteiger partial charge in [0.15, 0.2) is 0 Å². The lowest BCUT2D eigenvalue weighted by molar-refractivity contribution is 0.102. The summed E-state index contributed by atoms with van der Waals surface area (Å²) < 4.78 is 14.7. The molecule has 0 fully saturated rings. The zero-order valence-corrected chi connectivity index (χ0v) is 10.6. The molecule has 1 unspecified atom stereocenters.